The molecule has 7 heteroatoms. The van der Waals surface area contributed by atoms with Crippen molar-refractivity contribution in [3.63, 3.8) is 0 Å². The second-order valence-electron chi connectivity index (χ2n) is 4.43. The molecule has 0 radical (unpaired) electrons. The lowest BCUT2D eigenvalue weighted by Gasteiger charge is -2.23. The van der Waals surface area contributed by atoms with Crippen molar-refractivity contribution in [1.82, 2.24) is 10.6 Å². The largest absolute Gasteiger partial charge is 0.379 e. The molecule has 0 spiro atoms. The van der Waals surface area contributed by atoms with Crippen molar-refractivity contribution in [2.24, 2.45) is 0 Å². The average molecular weight is 323 g/mol. The summed E-state index contributed by atoms with van der Waals surface area (Å²) in [7, 11) is 0. The summed E-state index contributed by atoms with van der Waals surface area (Å²) >= 11 is 5.70. The van der Waals surface area contributed by atoms with Crippen LogP contribution in [-0.2, 0) is 4.74 Å². The molecular formula is C13H17Cl2FN2O2. The van der Waals surface area contributed by atoms with Crippen LogP contribution in [0.4, 0.5) is 4.39 Å². The van der Waals surface area contributed by atoms with Gasteiger partial charge in [0.1, 0.15) is 5.82 Å². The Morgan fingerprint density at radius 3 is 2.95 bits per heavy atom. The quantitative estimate of drug-likeness (QED) is 0.891. The lowest BCUT2D eigenvalue weighted by molar-refractivity contribution is 0.0733. The number of ether oxygens (including phenoxy) is 1. The van der Waals surface area contributed by atoms with Crippen LogP contribution in [0.2, 0.25) is 5.02 Å². The summed E-state index contributed by atoms with van der Waals surface area (Å²) in [4.78, 5) is 11.8. The molecule has 0 bridgehead atoms. The van der Waals surface area contributed by atoms with E-state index < -0.39 is 5.82 Å². The molecule has 1 fully saturated rings. The third kappa shape index (κ3) is 5.25. The van der Waals surface area contributed by atoms with Crippen LogP contribution in [-0.4, -0.2) is 38.3 Å². The molecule has 0 aromatic heterocycles. The first kappa shape index (κ1) is 17.2. The van der Waals surface area contributed by atoms with Gasteiger partial charge >= 0.3 is 0 Å². The van der Waals surface area contributed by atoms with Gasteiger partial charge in [-0.2, -0.15) is 0 Å². The highest BCUT2D eigenvalue weighted by atomic mass is 35.5. The summed E-state index contributed by atoms with van der Waals surface area (Å²) in [6.07, 6.45) is 0.773. The first-order chi connectivity index (χ1) is 9.15. The predicted molar refractivity (Wildman–Crippen MR) is 78.2 cm³/mol. The third-order valence-corrected chi connectivity index (χ3v) is 3.12. The van der Waals surface area contributed by atoms with E-state index in [1.165, 1.54) is 18.2 Å². The fraction of sp³-hybridized carbons (Fsp3) is 0.462. The summed E-state index contributed by atoms with van der Waals surface area (Å²) < 4.78 is 18.4. The Hall–Kier alpha value is -0.880. The van der Waals surface area contributed by atoms with Gasteiger partial charge in [0.25, 0.3) is 5.91 Å². The summed E-state index contributed by atoms with van der Waals surface area (Å²) in [5, 5.41) is 6.25. The predicted octanol–water partition coefficient (Wildman–Crippen LogP) is 2.01. The molecule has 1 heterocycles. The Balaban J connectivity index is 0.00000200. The van der Waals surface area contributed by atoms with Gasteiger partial charge in [-0.1, -0.05) is 11.6 Å². The summed E-state index contributed by atoms with van der Waals surface area (Å²) in [6.45, 7) is 2.72. The number of nitrogens with one attached hydrogen (secondary N) is 2. The van der Waals surface area contributed by atoms with E-state index in [1.54, 1.807) is 0 Å². The van der Waals surface area contributed by atoms with E-state index in [9.17, 15) is 9.18 Å². The fourth-order valence-electron chi connectivity index (χ4n) is 1.95. The zero-order valence-electron chi connectivity index (χ0n) is 10.8. The molecule has 1 unspecified atom stereocenters. The van der Waals surface area contributed by atoms with E-state index in [0.29, 0.717) is 13.2 Å². The van der Waals surface area contributed by atoms with Gasteiger partial charge in [-0.25, -0.2) is 4.39 Å². The molecule has 1 aromatic rings. The van der Waals surface area contributed by atoms with E-state index in [2.05, 4.69) is 10.6 Å². The van der Waals surface area contributed by atoms with Gasteiger partial charge in [0, 0.05) is 29.7 Å². The van der Waals surface area contributed by atoms with Crippen molar-refractivity contribution in [2.75, 3.05) is 26.3 Å². The Morgan fingerprint density at radius 2 is 2.30 bits per heavy atom. The molecule has 2 N–H and O–H groups in total. The molecule has 1 aliphatic heterocycles. The maximum Gasteiger partial charge on any atom is 0.251 e. The minimum Gasteiger partial charge on any atom is -0.379 e. The van der Waals surface area contributed by atoms with Gasteiger partial charge in [-0.15, -0.1) is 12.4 Å². The Kier molecular flexibility index (Phi) is 7.23. The minimum absolute atomic E-state index is 0. The van der Waals surface area contributed by atoms with E-state index in [-0.39, 0.29) is 34.9 Å². The molecule has 0 aliphatic carbocycles. The molecule has 20 heavy (non-hydrogen) atoms. The lowest BCUT2D eigenvalue weighted by Crippen LogP contribution is -2.43. The molecule has 1 saturated heterocycles. The molecule has 1 aliphatic rings. The van der Waals surface area contributed by atoms with E-state index in [4.69, 9.17) is 16.3 Å². The highest BCUT2D eigenvalue weighted by Crippen LogP contribution is 2.14. The molecule has 1 amide bonds. The Labute approximate surface area is 128 Å². The van der Waals surface area contributed by atoms with E-state index >= 15 is 0 Å². The monoisotopic (exact) mass is 322 g/mol. The van der Waals surface area contributed by atoms with Gasteiger partial charge in [0.15, 0.2) is 0 Å². The van der Waals surface area contributed by atoms with Gasteiger partial charge in [0.05, 0.1) is 13.2 Å². The maximum atomic E-state index is 13.1. The second-order valence-corrected chi connectivity index (χ2v) is 4.87. The molecule has 1 aromatic carbocycles. The SMILES string of the molecule is Cl.O=C(NCCC1COCCN1)c1cc(F)cc(Cl)c1. The van der Waals surface area contributed by atoms with Gasteiger partial charge in [-0.05, 0) is 24.6 Å². The van der Waals surface area contributed by atoms with Crippen molar-refractivity contribution in [2.45, 2.75) is 12.5 Å². The van der Waals surface area contributed by atoms with Crippen molar-refractivity contribution in [1.29, 1.82) is 0 Å². The van der Waals surface area contributed by atoms with Crippen LogP contribution in [0.25, 0.3) is 0 Å². The normalized spacial score (nSPS) is 18.2. The summed E-state index contributed by atoms with van der Waals surface area (Å²) in [6, 6.07) is 4.04. The van der Waals surface area contributed by atoms with E-state index in [0.717, 1.165) is 19.6 Å². The van der Waals surface area contributed by atoms with Gasteiger partial charge < -0.3 is 15.4 Å². The number of halogens is 3. The number of benzene rings is 1. The minimum atomic E-state index is -0.514. The van der Waals surface area contributed by atoms with Crippen LogP contribution >= 0.6 is 24.0 Å². The van der Waals surface area contributed by atoms with Crippen LogP contribution in [0.3, 0.4) is 0 Å². The zero-order chi connectivity index (χ0) is 13.7. The van der Waals surface area contributed by atoms with Gasteiger partial charge in [0.2, 0.25) is 0 Å². The molecule has 1 atom stereocenters. The standard InChI is InChI=1S/C13H16ClFN2O2.ClH/c14-10-5-9(6-11(15)7-10)13(18)17-2-1-12-8-19-4-3-16-12;/h5-7,12,16H,1-4,8H2,(H,17,18);1H. The first-order valence-corrected chi connectivity index (χ1v) is 6.58. The van der Waals surface area contributed by atoms with Crippen LogP contribution in [0.1, 0.15) is 16.8 Å². The molecule has 4 nitrogen and oxygen atoms in total. The smallest absolute Gasteiger partial charge is 0.251 e. The number of carbonyl (C=O) groups is 1. The Bertz CT molecular complexity index is 434. The average Bonchev–Trinajstić information content (AvgIpc) is 2.38. The molecular weight excluding hydrogens is 306 g/mol. The summed E-state index contributed by atoms with van der Waals surface area (Å²) in [5.41, 5.74) is 0.234. The molecule has 0 saturated carbocycles. The topological polar surface area (TPSA) is 50.4 Å². The van der Waals surface area contributed by atoms with Crippen molar-refractivity contribution in [3.05, 3.63) is 34.6 Å². The lowest BCUT2D eigenvalue weighted by atomic mass is 10.2. The number of carbonyl (C=O) groups excluding carboxylic acids is 1. The highest BCUT2D eigenvalue weighted by Gasteiger charge is 2.13. The number of hydrogen-bond acceptors (Lipinski definition) is 3. The number of rotatable bonds is 4. The van der Waals surface area contributed by atoms with E-state index in [1.807, 2.05) is 0 Å². The maximum absolute atomic E-state index is 13.1. The van der Waals surface area contributed by atoms with Crippen LogP contribution < -0.4 is 10.6 Å². The van der Waals surface area contributed by atoms with Crippen LogP contribution in [0.5, 0.6) is 0 Å². The highest BCUT2D eigenvalue weighted by molar-refractivity contribution is 6.31. The number of amides is 1. The number of hydrogen-bond donors (Lipinski definition) is 2. The van der Waals surface area contributed by atoms with Crippen molar-refractivity contribution in [3.8, 4) is 0 Å². The molecule has 2 rings (SSSR count). The number of morpholine rings is 1. The van der Waals surface area contributed by atoms with Crippen LogP contribution in [0, 0.1) is 5.82 Å². The second kappa shape index (κ2) is 8.42. The summed E-state index contributed by atoms with van der Waals surface area (Å²) in [5.74, 6) is -0.835. The third-order valence-electron chi connectivity index (χ3n) is 2.90. The van der Waals surface area contributed by atoms with Crippen LogP contribution in [0.15, 0.2) is 18.2 Å². The van der Waals surface area contributed by atoms with Crippen molar-refractivity contribution < 1.29 is 13.9 Å². The molecule has 112 valence electrons. The fourth-order valence-corrected chi connectivity index (χ4v) is 2.17. The Morgan fingerprint density at radius 1 is 1.50 bits per heavy atom. The van der Waals surface area contributed by atoms with Gasteiger partial charge in [-0.3, -0.25) is 4.79 Å². The zero-order valence-corrected chi connectivity index (χ0v) is 12.4. The first-order valence-electron chi connectivity index (χ1n) is 6.20. The van der Waals surface area contributed by atoms with Crippen molar-refractivity contribution >= 4 is 29.9 Å².